The fraction of sp³-hybridized carbons (Fsp3) is 0.615. The molecule has 1 fully saturated rings. The topological polar surface area (TPSA) is 107 Å². The van der Waals surface area contributed by atoms with E-state index in [0.717, 1.165) is 25.9 Å². The number of imidazole rings is 1. The van der Waals surface area contributed by atoms with Gasteiger partial charge in [-0.15, -0.1) is 0 Å². The first-order valence-electron chi connectivity index (χ1n) is 6.73. The summed E-state index contributed by atoms with van der Waals surface area (Å²) in [6, 6.07) is -0.935. The van der Waals surface area contributed by atoms with Crippen molar-refractivity contribution in [1.82, 2.24) is 20.6 Å². The maximum Gasteiger partial charge on any atom is 0.326 e. The number of aromatic amines is 1. The van der Waals surface area contributed by atoms with E-state index in [9.17, 15) is 14.7 Å². The third-order valence-electron chi connectivity index (χ3n) is 3.84. The van der Waals surface area contributed by atoms with Gasteiger partial charge in [-0.25, -0.2) is 9.78 Å². The number of carboxylic acids is 1. The Hall–Kier alpha value is -1.89. The van der Waals surface area contributed by atoms with Crippen LogP contribution in [0, 0.1) is 5.41 Å². The molecule has 7 heteroatoms. The highest BCUT2D eigenvalue weighted by Crippen LogP contribution is 2.28. The van der Waals surface area contributed by atoms with Gasteiger partial charge in [0.25, 0.3) is 0 Å². The minimum atomic E-state index is -1.04. The fourth-order valence-electron chi connectivity index (χ4n) is 2.35. The summed E-state index contributed by atoms with van der Waals surface area (Å²) in [4.78, 5) is 30.3. The number of H-pyrrole nitrogens is 1. The van der Waals surface area contributed by atoms with Crippen molar-refractivity contribution in [3.63, 3.8) is 0 Å². The molecular weight excluding hydrogens is 260 g/mol. The molecule has 20 heavy (non-hydrogen) atoms. The minimum Gasteiger partial charge on any atom is -0.480 e. The minimum absolute atomic E-state index is 0.189. The molecule has 0 bridgehead atoms. The van der Waals surface area contributed by atoms with Gasteiger partial charge in [0.15, 0.2) is 0 Å². The van der Waals surface area contributed by atoms with Crippen molar-refractivity contribution in [1.29, 1.82) is 0 Å². The van der Waals surface area contributed by atoms with Crippen molar-refractivity contribution >= 4 is 11.9 Å². The van der Waals surface area contributed by atoms with Crippen molar-refractivity contribution in [2.24, 2.45) is 5.41 Å². The van der Waals surface area contributed by atoms with Crippen LogP contribution in [0.5, 0.6) is 0 Å². The summed E-state index contributed by atoms with van der Waals surface area (Å²) in [7, 11) is 0. The Balaban J connectivity index is 2.00. The first-order chi connectivity index (χ1) is 9.51. The number of nitrogens with zero attached hydrogens (tertiary/aromatic N) is 1. The van der Waals surface area contributed by atoms with Gasteiger partial charge in [0.2, 0.25) is 5.91 Å². The van der Waals surface area contributed by atoms with Gasteiger partial charge in [-0.3, -0.25) is 4.79 Å². The number of aromatic nitrogens is 2. The summed E-state index contributed by atoms with van der Waals surface area (Å²) < 4.78 is 0. The number of amides is 1. The molecule has 1 aliphatic heterocycles. The number of hydrogen-bond donors (Lipinski definition) is 4. The van der Waals surface area contributed by atoms with Crippen LogP contribution in [-0.4, -0.2) is 46.1 Å². The zero-order valence-corrected chi connectivity index (χ0v) is 11.5. The van der Waals surface area contributed by atoms with Crippen LogP contribution in [0.15, 0.2) is 12.5 Å². The molecule has 1 saturated heterocycles. The summed E-state index contributed by atoms with van der Waals surface area (Å²) in [6.07, 6.45) is 4.69. The lowest BCUT2D eigenvalue weighted by atomic mass is 9.80. The lowest BCUT2D eigenvalue weighted by Gasteiger charge is -2.33. The van der Waals surface area contributed by atoms with E-state index >= 15 is 0 Å². The van der Waals surface area contributed by atoms with Crippen LogP contribution in [0.25, 0.3) is 0 Å². The summed E-state index contributed by atoms with van der Waals surface area (Å²) in [5.41, 5.74) is 0.195. The Morgan fingerprint density at radius 2 is 2.20 bits per heavy atom. The quantitative estimate of drug-likeness (QED) is 0.603. The second-order valence-electron chi connectivity index (χ2n) is 5.46. The molecule has 0 radical (unpaired) electrons. The number of rotatable bonds is 5. The first kappa shape index (κ1) is 14.5. The molecule has 0 spiro atoms. The Kier molecular flexibility index (Phi) is 4.39. The lowest BCUT2D eigenvalue weighted by Crippen LogP contribution is -2.51. The lowest BCUT2D eigenvalue weighted by molar-refractivity contribution is -0.144. The zero-order chi connectivity index (χ0) is 14.6. The smallest absolute Gasteiger partial charge is 0.326 e. The van der Waals surface area contributed by atoms with E-state index < -0.39 is 17.4 Å². The molecule has 0 unspecified atom stereocenters. The molecule has 2 rings (SSSR count). The van der Waals surface area contributed by atoms with E-state index in [1.54, 1.807) is 6.20 Å². The molecule has 0 aromatic carbocycles. The molecule has 1 atom stereocenters. The molecule has 7 nitrogen and oxygen atoms in total. The molecule has 1 aromatic heterocycles. The van der Waals surface area contributed by atoms with Crippen molar-refractivity contribution < 1.29 is 14.7 Å². The van der Waals surface area contributed by atoms with E-state index in [-0.39, 0.29) is 12.3 Å². The number of nitrogens with one attached hydrogen (secondary N) is 3. The number of carbonyl (C=O) groups excluding carboxylic acids is 1. The van der Waals surface area contributed by atoms with Gasteiger partial charge in [-0.05, 0) is 25.9 Å². The van der Waals surface area contributed by atoms with Crippen LogP contribution in [0.3, 0.4) is 0 Å². The number of aliphatic carboxylic acids is 1. The van der Waals surface area contributed by atoms with E-state index in [1.165, 1.54) is 6.33 Å². The highest BCUT2D eigenvalue weighted by atomic mass is 16.4. The highest BCUT2D eigenvalue weighted by Gasteiger charge is 2.36. The Morgan fingerprint density at radius 1 is 1.50 bits per heavy atom. The van der Waals surface area contributed by atoms with Crippen LogP contribution >= 0.6 is 0 Å². The normalized spacial score (nSPS) is 19.2. The standard InChI is InChI=1S/C13H20N4O3/c1-13(2-4-14-5-3-13)12(20)17-10(11(18)19)6-9-7-15-8-16-9/h7-8,10,14H,2-6H2,1H3,(H,15,16)(H,17,20)(H,18,19)/t10-/m0/s1. The van der Waals surface area contributed by atoms with E-state index in [1.807, 2.05) is 6.92 Å². The van der Waals surface area contributed by atoms with Gasteiger partial charge in [-0.1, -0.05) is 6.92 Å². The Labute approximate surface area is 117 Å². The molecule has 2 heterocycles. The molecule has 4 N–H and O–H groups in total. The molecule has 1 amide bonds. The predicted molar refractivity (Wildman–Crippen MR) is 72.1 cm³/mol. The summed E-state index contributed by atoms with van der Waals surface area (Å²) in [5, 5.41) is 15.1. The second kappa shape index (κ2) is 6.04. The van der Waals surface area contributed by atoms with E-state index in [4.69, 9.17) is 0 Å². The van der Waals surface area contributed by atoms with Crippen LogP contribution < -0.4 is 10.6 Å². The van der Waals surface area contributed by atoms with Crippen molar-refractivity contribution in [2.75, 3.05) is 13.1 Å². The summed E-state index contributed by atoms with van der Waals surface area (Å²) in [5.74, 6) is -1.23. The SMILES string of the molecule is CC1(C(=O)N[C@@H](Cc2cnc[nH]2)C(=O)O)CCNCC1. The van der Waals surface area contributed by atoms with Crippen LogP contribution in [0.1, 0.15) is 25.5 Å². The molecule has 0 aliphatic carbocycles. The molecular formula is C13H20N4O3. The van der Waals surface area contributed by atoms with Crippen molar-refractivity contribution in [3.8, 4) is 0 Å². The average molecular weight is 280 g/mol. The number of carboxylic acid groups (broad SMARTS) is 1. The molecule has 110 valence electrons. The third-order valence-corrected chi connectivity index (χ3v) is 3.84. The van der Waals surface area contributed by atoms with E-state index in [2.05, 4.69) is 20.6 Å². The number of carbonyl (C=O) groups is 2. The number of piperidine rings is 1. The largest absolute Gasteiger partial charge is 0.480 e. The van der Waals surface area contributed by atoms with Gasteiger partial charge < -0.3 is 20.7 Å². The van der Waals surface area contributed by atoms with Crippen molar-refractivity contribution in [3.05, 3.63) is 18.2 Å². The Morgan fingerprint density at radius 3 is 2.75 bits per heavy atom. The zero-order valence-electron chi connectivity index (χ0n) is 11.5. The van der Waals surface area contributed by atoms with Gasteiger partial charge in [0, 0.05) is 23.7 Å². The van der Waals surface area contributed by atoms with Gasteiger partial charge in [0.05, 0.1) is 6.33 Å². The molecule has 1 aliphatic rings. The maximum atomic E-state index is 12.3. The van der Waals surface area contributed by atoms with Crippen molar-refractivity contribution in [2.45, 2.75) is 32.2 Å². The van der Waals surface area contributed by atoms with E-state index in [0.29, 0.717) is 5.69 Å². The van der Waals surface area contributed by atoms with Crippen LogP contribution in [0.2, 0.25) is 0 Å². The Bertz CT molecular complexity index is 466. The highest BCUT2D eigenvalue weighted by molar-refractivity contribution is 5.87. The monoisotopic (exact) mass is 280 g/mol. The van der Waals surface area contributed by atoms with Gasteiger partial charge >= 0.3 is 5.97 Å². The third kappa shape index (κ3) is 3.36. The predicted octanol–water partition coefficient (Wildman–Crippen LogP) is -0.0887. The number of hydrogen-bond acceptors (Lipinski definition) is 4. The average Bonchev–Trinajstić information content (AvgIpc) is 2.91. The summed E-state index contributed by atoms with van der Waals surface area (Å²) in [6.45, 7) is 3.45. The van der Waals surface area contributed by atoms with Gasteiger partial charge in [-0.2, -0.15) is 0 Å². The summed E-state index contributed by atoms with van der Waals surface area (Å²) >= 11 is 0. The van der Waals surface area contributed by atoms with Crippen LogP contribution in [-0.2, 0) is 16.0 Å². The van der Waals surface area contributed by atoms with Gasteiger partial charge in [0.1, 0.15) is 6.04 Å². The second-order valence-corrected chi connectivity index (χ2v) is 5.46. The first-order valence-corrected chi connectivity index (χ1v) is 6.73. The molecule has 1 aromatic rings. The molecule has 0 saturated carbocycles. The maximum absolute atomic E-state index is 12.3. The fourth-order valence-corrected chi connectivity index (χ4v) is 2.35. The van der Waals surface area contributed by atoms with Crippen LogP contribution in [0.4, 0.5) is 0 Å².